The fourth-order valence-electron chi connectivity index (χ4n) is 2.69. The minimum atomic E-state index is -3.52. The zero-order chi connectivity index (χ0) is 16.7. The van der Waals surface area contributed by atoms with Crippen LogP contribution >= 0.6 is 0 Å². The van der Waals surface area contributed by atoms with Gasteiger partial charge >= 0.3 is 0 Å². The molecule has 1 amide bonds. The van der Waals surface area contributed by atoms with E-state index in [1.54, 1.807) is 37.4 Å². The standard InChI is InChI=1S/C16H24N2O4S/c1-22-12-6-10-17-16(19)14-7-5-11-18(13-14)23(20,21)15-8-3-2-4-9-15/h2-4,8-9,14H,5-7,10-13H2,1H3,(H,17,19)/t14-/m0/s1. The third-order valence-corrected chi connectivity index (χ3v) is 5.84. The summed E-state index contributed by atoms with van der Waals surface area (Å²) in [6.45, 7) is 1.85. The molecule has 1 aliphatic rings. The van der Waals surface area contributed by atoms with Crippen molar-refractivity contribution in [3.8, 4) is 0 Å². The summed E-state index contributed by atoms with van der Waals surface area (Å²) < 4.78 is 31.6. The summed E-state index contributed by atoms with van der Waals surface area (Å²) in [6, 6.07) is 8.37. The van der Waals surface area contributed by atoms with Gasteiger partial charge in [-0.15, -0.1) is 0 Å². The van der Waals surface area contributed by atoms with Crippen molar-refractivity contribution in [3.05, 3.63) is 30.3 Å². The van der Waals surface area contributed by atoms with E-state index in [-0.39, 0.29) is 23.3 Å². The van der Waals surface area contributed by atoms with Gasteiger partial charge in [0.2, 0.25) is 15.9 Å². The zero-order valence-electron chi connectivity index (χ0n) is 13.4. The number of nitrogens with zero attached hydrogens (tertiary/aromatic N) is 1. The Hall–Kier alpha value is -1.44. The van der Waals surface area contributed by atoms with Gasteiger partial charge in [0.1, 0.15) is 0 Å². The highest BCUT2D eigenvalue weighted by atomic mass is 32.2. The van der Waals surface area contributed by atoms with E-state index in [9.17, 15) is 13.2 Å². The number of hydrogen-bond donors (Lipinski definition) is 1. The first-order chi connectivity index (χ1) is 11.1. The average molecular weight is 340 g/mol. The summed E-state index contributed by atoms with van der Waals surface area (Å²) in [5, 5.41) is 2.86. The Bertz CT molecular complexity index is 604. The number of rotatable bonds is 7. The van der Waals surface area contributed by atoms with Crippen molar-refractivity contribution < 1.29 is 17.9 Å². The van der Waals surface area contributed by atoms with Gasteiger partial charge in [0.25, 0.3) is 0 Å². The summed E-state index contributed by atoms with van der Waals surface area (Å²) in [5.74, 6) is -0.362. The zero-order valence-corrected chi connectivity index (χ0v) is 14.2. The number of nitrogens with one attached hydrogen (secondary N) is 1. The smallest absolute Gasteiger partial charge is 0.243 e. The van der Waals surface area contributed by atoms with Crippen molar-refractivity contribution in [1.82, 2.24) is 9.62 Å². The van der Waals surface area contributed by atoms with Gasteiger partial charge in [0.05, 0.1) is 10.8 Å². The molecule has 1 heterocycles. The molecule has 7 heteroatoms. The minimum Gasteiger partial charge on any atom is -0.385 e. The second kappa shape index (κ2) is 8.42. The number of methoxy groups -OCH3 is 1. The van der Waals surface area contributed by atoms with Crippen LogP contribution in [0.1, 0.15) is 19.3 Å². The van der Waals surface area contributed by atoms with Gasteiger partial charge in [-0.3, -0.25) is 4.79 Å². The summed E-state index contributed by atoms with van der Waals surface area (Å²) in [4.78, 5) is 12.5. The summed E-state index contributed by atoms with van der Waals surface area (Å²) in [5.41, 5.74) is 0. The largest absolute Gasteiger partial charge is 0.385 e. The van der Waals surface area contributed by atoms with Gasteiger partial charge in [0, 0.05) is 33.4 Å². The van der Waals surface area contributed by atoms with E-state index < -0.39 is 10.0 Å². The molecule has 0 saturated carbocycles. The minimum absolute atomic E-state index is 0.0749. The Morgan fingerprint density at radius 2 is 2.09 bits per heavy atom. The predicted octanol–water partition coefficient (Wildman–Crippen LogP) is 1.24. The summed E-state index contributed by atoms with van der Waals surface area (Å²) in [6.07, 6.45) is 2.17. The first kappa shape index (κ1) is 17.9. The average Bonchev–Trinajstić information content (AvgIpc) is 2.59. The number of amides is 1. The fourth-order valence-corrected chi connectivity index (χ4v) is 4.23. The molecule has 2 rings (SSSR count). The molecule has 1 aromatic rings. The lowest BCUT2D eigenvalue weighted by Gasteiger charge is -2.31. The van der Waals surface area contributed by atoms with Gasteiger partial charge in [0.15, 0.2) is 0 Å². The van der Waals surface area contributed by atoms with Crippen molar-refractivity contribution in [2.75, 3.05) is 33.4 Å². The molecule has 0 aromatic heterocycles. The van der Waals surface area contributed by atoms with Crippen LogP contribution in [0.25, 0.3) is 0 Å². The van der Waals surface area contributed by atoms with E-state index in [2.05, 4.69) is 5.32 Å². The molecule has 0 bridgehead atoms. The number of carbonyl (C=O) groups is 1. The molecular formula is C16H24N2O4S. The van der Waals surface area contributed by atoms with Crippen LogP contribution in [0.5, 0.6) is 0 Å². The number of ether oxygens (including phenoxy) is 1. The number of carbonyl (C=O) groups excluding carboxylic acids is 1. The highest BCUT2D eigenvalue weighted by molar-refractivity contribution is 7.89. The van der Waals surface area contributed by atoms with E-state index in [0.29, 0.717) is 26.1 Å². The van der Waals surface area contributed by atoms with E-state index in [0.717, 1.165) is 12.8 Å². The third-order valence-electron chi connectivity index (χ3n) is 3.96. The van der Waals surface area contributed by atoms with Crippen LogP contribution in [0.15, 0.2) is 35.2 Å². The lowest BCUT2D eigenvalue weighted by Crippen LogP contribution is -2.45. The van der Waals surface area contributed by atoms with Crippen molar-refractivity contribution in [1.29, 1.82) is 0 Å². The lowest BCUT2D eigenvalue weighted by atomic mass is 9.99. The molecule has 0 radical (unpaired) electrons. The number of hydrogen-bond acceptors (Lipinski definition) is 4. The van der Waals surface area contributed by atoms with Crippen LogP contribution in [0, 0.1) is 5.92 Å². The first-order valence-corrected chi connectivity index (χ1v) is 9.31. The molecule has 1 aliphatic heterocycles. The molecule has 128 valence electrons. The Balaban J connectivity index is 1.96. The Labute approximate surface area is 137 Å². The Kier molecular flexibility index (Phi) is 6.56. The number of sulfonamides is 1. The van der Waals surface area contributed by atoms with E-state index >= 15 is 0 Å². The third kappa shape index (κ3) is 4.76. The Morgan fingerprint density at radius 3 is 2.78 bits per heavy atom. The second-order valence-corrected chi connectivity index (χ2v) is 7.59. The first-order valence-electron chi connectivity index (χ1n) is 7.87. The fraction of sp³-hybridized carbons (Fsp3) is 0.562. The molecule has 0 aliphatic carbocycles. The van der Waals surface area contributed by atoms with Crippen LogP contribution in [-0.4, -0.2) is 52.0 Å². The molecule has 23 heavy (non-hydrogen) atoms. The Morgan fingerprint density at radius 1 is 1.35 bits per heavy atom. The van der Waals surface area contributed by atoms with Gasteiger partial charge in [-0.1, -0.05) is 18.2 Å². The van der Waals surface area contributed by atoms with Crippen molar-refractivity contribution >= 4 is 15.9 Å². The van der Waals surface area contributed by atoms with Gasteiger partial charge in [-0.2, -0.15) is 4.31 Å². The summed E-state index contributed by atoms with van der Waals surface area (Å²) in [7, 11) is -1.90. The van der Waals surface area contributed by atoms with Crippen molar-refractivity contribution in [3.63, 3.8) is 0 Å². The maximum atomic E-state index is 12.6. The maximum Gasteiger partial charge on any atom is 0.243 e. The van der Waals surface area contributed by atoms with Crippen molar-refractivity contribution in [2.45, 2.75) is 24.2 Å². The maximum absolute atomic E-state index is 12.6. The van der Waals surface area contributed by atoms with Gasteiger partial charge in [-0.25, -0.2) is 8.42 Å². The molecule has 6 nitrogen and oxygen atoms in total. The quantitative estimate of drug-likeness (QED) is 0.758. The molecule has 1 N–H and O–H groups in total. The number of benzene rings is 1. The van der Waals surface area contributed by atoms with E-state index in [1.807, 2.05) is 0 Å². The number of piperidine rings is 1. The molecular weight excluding hydrogens is 316 g/mol. The molecule has 1 saturated heterocycles. The lowest BCUT2D eigenvalue weighted by molar-refractivity contribution is -0.126. The molecule has 1 aromatic carbocycles. The SMILES string of the molecule is COCCCNC(=O)[C@H]1CCCN(S(=O)(=O)c2ccccc2)C1. The molecule has 0 spiro atoms. The summed E-state index contributed by atoms with van der Waals surface area (Å²) >= 11 is 0. The predicted molar refractivity (Wildman–Crippen MR) is 87.4 cm³/mol. The molecule has 1 atom stereocenters. The highest BCUT2D eigenvalue weighted by Gasteiger charge is 2.32. The van der Waals surface area contributed by atoms with Crippen LogP contribution in [-0.2, 0) is 19.6 Å². The molecule has 1 fully saturated rings. The van der Waals surface area contributed by atoms with Crippen LogP contribution in [0.4, 0.5) is 0 Å². The highest BCUT2D eigenvalue weighted by Crippen LogP contribution is 2.23. The van der Waals surface area contributed by atoms with Gasteiger partial charge < -0.3 is 10.1 Å². The monoisotopic (exact) mass is 340 g/mol. The van der Waals surface area contributed by atoms with Crippen LogP contribution in [0.2, 0.25) is 0 Å². The normalized spacial score (nSPS) is 19.4. The van der Waals surface area contributed by atoms with E-state index in [1.165, 1.54) is 4.31 Å². The van der Waals surface area contributed by atoms with E-state index in [4.69, 9.17) is 4.74 Å². The second-order valence-electron chi connectivity index (χ2n) is 5.65. The van der Waals surface area contributed by atoms with Gasteiger partial charge in [-0.05, 0) is 31.4 Å². The van der Waals surface area contributed by atoms with Crippen molar-refractivity contribution in [2.24, 2.45) is 5.92 Å². The van der Waals surface area contributed by atoms with Crippen LogP contribution in [0.3, 0.4) is 0 Å². The topological polar surface area (TPSA) is 75.7 Å². The van der Waals surface area contributed by atoms with Crippen LogP contribution < -0.4 is 5.32 Å². The molecule has 0 unspecified atom stereocenters.